The van der Waals surface area contributed by atoms with E-state index >= 15 is 0 Å². The van der Waals surface area contributed by atoms with Crippen LogP contribution in [0.4, 0.5) is 0 Å². The molecule has 0 aliphatic heterocycles. The largest absolute Gasteiger partial charge is 0.433 e. The Morgan fingerprint density at radius 3 is 1.67 bits per heavy atom. The van der Waals surface area contributed by atoms with Crippen LogP contribution in [0.1, 0.15) is 0 Å². The van der Waals surface area contributed by atoms with E-state index in [1.807, 2.05) is 0 Å². The summed E-state index contributed by atoms with van der Waals surface area (Å²) in [6, 6.07) is 0. The fourth-order valence-corrected chi connectivity index (χ4v) is 0.713. The zero-order valence-corrected chi connectivity index (χ0v) is 5.66. The van der Waals surface area contributed by atoms with Gasteiger partial charge in [0.15, 0.2) is 0 Å². The summed E-state index contributed by atoms with van der Waals surface area (Å²) in [6.45, 7) is 6.32. The van der Waals surface area contributed by atoms with Crippen LogP contribution in [0.25, 0.3) is 0 Å². The van der Waals surface area contributed by atoms with Gasteiger partial charge in [-0.1, -0.05) is 13.2 Å². The van der Waals surface area contributed by atoms with Gasteiger partial charge in [-0.3, -0.25) is 4.67 Å². The minimum absolute atomic E-state index is 0.632. The Balaban J connectivity index is 4.30. The predicted octanol–water partition coefficient (Wildman–Crippen LogP) is 0.668. The molecule has 9 heavy (non-hydrogen) atoms. The van der Waals surface area contributed by atoms with Crippen LogP contribution in [0, 0.1) is 0 Å². The highest BCUT2D eigenvalue weighted by Gasteiger charge is 2.17. The third-order valence-electron chi connectivity index (χ3n) is 0.675. The van der Waals surface area contributed by atoms with E-state index in [0.717, 1.165) is 12.4 Å². The maximum absolute atomic E-state index is 10.3. The Morgan fingerprint density at radius 1 is 1.33 bits per heavy atom. The van der Waals surface area contributed by atoms with Gasteiger partial charge in [0.2, 0.25) is 0 Å². The molecule has 0 rings (SSSR count). The molecule has 52 valence electrons. The van der Waals surface area contributed by atoms with Gasteiger partial charge in [-0.2, -0.15) is 0 Å². The third kappa shape index (κ3) is 2.46. The van der Waals surface area contributed by atoms with E-state index in [9.17, 15) is 4.57 Å². The predicted molar refractivity (Wildman–Crippen MR) is 34.3 cm³/mol. The summed E-state index contributed by atoms with van der Waals surface area (Å²) < 4.78 is 10.9. The van der Waals surface area contributed by atoms with E-state index in [-0.39, 0.29) is 0 Å². The van der Waals surface area contributed by atoms with Crippen molar-refractivity contribution in [2.24, 2.45) is 0 Å². The number of hydrogen-bond donors (Lipinski definition) is 2. The summed E-state index contributed by atoms with van der Waals surface area (Å²) in [5.41, 5.74) is 0. The van der Waals surface area contributed by atoms with Crippen LogP contribution in [0.2, 0.25) is 0 Å². The lowest BCUT2D eigenvalue weighted by atomic mass is 10.9. The molecule has 0 bridgehead atoms. The molecule has 0 aliphatic rings. The first kappa shape index (κ1) is 8.43. The zero-order chi connectivity index (χ0) is 7.49. The molecule has 0 unspecified atom stereocenters. The highest BCUT2D eigenvalue weighted by Crippen LogP contribution is 2.39. The quantitative estimate of drug-likeness (QED) is 0.579. The van der Waals surface area contributed by atoms with Gasteiger partial charge < -0.3 is 9.79 Å². The summed E-state index contributed by atoms with van der Waals surface area (Å²) in [7, 11) is -4.18. The average molecular weight is 149 g/mol. The minimum atomic E-state index is -4.18. The van der Waals surface area contributed by atoms with Crippen LogP contribution in [-0.4, -0.2) is 14.5 Å². The second-order valence-corrected chi connectivity index (χ2v) is 2.75. The van der Waals surface area contributed by atoms with Gasteiger partial charge >= 0.3 is 7.75 Å². The second-order valence-electron chi connectivity index (χ2n) is 1.26. The second kappa shape index (κ2) is 2.82. The normalized spacial score (nSPS) is 10.4. The summed E-state index contributed by atoms with van der Waals surface area (Å²) >= 11 is 0. The fraction of sp³-hybridized carbons (Fsp3) is 0. The van der Waals surface area contributed by atoms with Crippen molar-refractivity contribution in [2.45, 2.75) is 0 Å². The molecule has 0 saturated heterocycles. The molecule has 0 amide bonds. The molecule has 0 aromatic rings. The molecule has 0 atom stereocenters. The van der Waals surface area contributed by atoms with E-state index < -0.39 is 7.75 Å². The molecular formula is C4H8NO3P. The monoisotopic (exact) mass is 149 g/mol. The lowest BCUT2D eigenvalue weighted by Gasteiger charge is -2.14. The standard InChI is InChI=1S/C4H8NO3P/c1-3-5(4-2)9(6,7)8/h3-4H,1-2H2,(H2,6,7,8). The van der Waals surface area contributed by atoms with E-state index in [1.54, 1.807) is 0 Å². The molecule has 4 nitrogen and oxygen atoms in total. The van der Waals surface area contributed by atoms with E-state index in [4.69, 9.17) is 9.79 Å². The van der Waals surface area contributed by atoms with Crippen molar-refractivity contribution in [3.8, 4) is 0 Å². The highest BCUT2D eigenvalue weighted by atomic mass is 31.2. The van der Waals surface area contributed by atoms with E-state index in [2.05, 4.69) is 13.2 Å². The molecule has 0 saturated carbocycles. The van der Waals surface area contributed by atoms with Crippen LogP contribution in [0.5, 0.6) is 0 Å². The molecule has 0 aliphatic carbocycles. The molecule has 0 fully saturated rings. The van der Waals surface area contributed by atoms with Gasteiger partial charge in [0, 0.05) is 12.4 Å². The SMILES string of the molecule is C=CN(C=C)P(=O)(O)O. The Bertz CT molecular complexity index is 153. The molecule has 5 heteroatoms. The first-order valence-corrected chi connectivity index (χ1v) is 3.68. The molecule has 0 radical (unpaired) electrons. The van der Waals surface area contributed by atoms with Crippen molar-refractivity contribution in [2.75, 3.05) is 0 Å². The lowest BCUT2D eigenvalue weighted by Crippen LogP contribution is -2.02. The van der Waals surface area contributed by atoms with Gasteiger partial charge in [-0.05, 0) is 0 Å². The van der Waals surface area contributed by atoms with Gasteiger partial charge in [-0.25, -0.2) is 4.57 Å². The van der Waals surface area contributed by atoms with Crippen LogP contribution >= 0.6 is 7.75 Å². The molecule has 2 N–H and O–H groups in total. The van der Waals surface area contributed by atoms with Crippen molar-refractivity contribution < 1.29 is 14.4 Å². The maximum Gasteiger partial charge on any atom is 0.433 e. The maximum atomic E-state index is 10.3. The smallest absolute Gasteiger partial charge is 0.308 e. The Labute approximate surface area is 53.3 Å². The van der Waals surface area contributed by atoms with Crippen LogP contribution in [0.3, 0.4) is 0 Å². The third-order valence-corrected chi connectivity index (χ3v) is 1.60. The van der Waals surface area contributed by atoms with Gasteiger partial charge in [0.25, 0.3) is 0 Å². The Hall–Kier alpha value is -0.570. The highest BCUT2D eigenvalue weighted by molar-refractivity contribution is 7.49. The number of hydrogen-bond acceptors (Lipinski definition) is 1. The molecule has 0 spiro atoms. The summed E-state index contributed by atoms with van der Waals surface area (Å²) in [5.74, 6) is 0. The van der Waals surface area contributed by atoms with E-state index in [0.29, 0.717) is 4.67 Å². The Kier molecular flexibility index (Phi) is 2.65. The van der Waals surface area contributed by atoms with E-state index in [1.165, 1.54) is 0 Å². The van der Waals surface area contributed by atoms with Gasteiger partial charge in [-0.15, -0.1) is 0 Å². The zero-order valence-electron chi connectivity index (χ0n) is 4.77. The number of rotatable bonds is 3. The molecule has 0 aromatic heterocycles. The van der Waals surface area contributed by atoms with Gasteiger partial charge in [0.1, 0.15) is 0 Å². The Morgan fingerprint density at radius 2 is 1.67 bits per heavy atom. The topological polar surface area (TPSA) is 60.8 Å². The van der Waals surface area contributed by atoms with Crippen molar-refractivity contribution in [1.82, 2.24) is 4.67 Å². The molecule has 0 heterocycles. The first-order chi connectivity index (χ1) is 4.02. The van der Waals surface area contributed by atoms with Gasteiger partial charge in [0.05, 0.1) is 0 Å². The fourth-order valence-electron chi connectivity index (χ4n) is 0.287. The van der Waals surface area contributed by atoms with Crippen molar-refractivity contribution in [1.29, 1.82) is 0 Å². The van der Waals surface area contributed by atoms with Crippen LogP contribution < -0.4 is 0 Å². The summed E-state index contributed by atoms with van der Waals surface area (Å²) in [6.07, 6.45) is 2.02. The summed E-state index contributed by atoms with van der Waals surface area (Å²) in [4.78, 5) is 16.7. The molecule has 0 aromatic carbocycles. The number of nitrogens with zero attached hydrogens (tertiary/aromatic N) is 1. The van der Waals surface area contributed by atoms with Crippen molar-refractivity contribution in [3.05, 3.63) is 25.6 Å². The minimum Gasteiger partial charge on any atom is -0.308 e. The average Bonchev–Trinajstić information content (AvgIpc) is 1.65. The molecular weight excluding hydrogens is 141 g/mol. The summed E-state index contributed by atoms with van der Waals surface area (Å²) in [5, 5.41) is 0. The first-order valence-electron chi connectivity index (χ1n) is 2.12. The van der Waals surface area contributed by atoms with Crippen LogP contribution in [-0.2, 0) is 4.57 Å². The lowest BCUT2D eigenvalue weighted by molar-refractivity contribution is 0.329. The van der Waals surface area contributed by atoms with Crippen molar-refractivity contribution >= 4 is 7.75 Å². The van der Waals surface area contributed by atoms with Crippen LogP contribution in [0.15, 0.2) is 25.6 Å². The van der Waals surface area contributed by atoms with Crippen molar-refractivity contribution in [3.63, 3.8) is 0 Å².